The average Bonchev–Trinajstić information content (AvgIpc) is 3.11. The number of ether oxygens (including phenoxy) is 1. The molecule has 1 aromatic heterocycles. The van der Waals surface area contributed by atoms with Crippen LogP contribution in [0.3, 0.4) is 0 Å². The van der Waals surface area contributed by atoms with Crippen LogP contribution in [0.15, 0.2) is 34.9 Å². The van der Waals surface area contributed by atoms with E-state index in [0.717, 1.165) is 24.8 Å². The topological polar surface area (TPSA) is 80.5 Å². The van der Waals surface area contributed by atoms with E-state index in [-0.39, 0.29) is 24.7 Å². The molecular weight excluding hydrogens is 332 g/mol. The highest BCUT2D eigenvalue weighted by atomic mass is 16.5. The number of likely N-dealkylation sites (tertiary alicyclic amines) is 1. The van der Waals surface area contributed by atoms with Crippen LogP contribution in [-0.4, -0.2) is 33.7 Å². The summed E-state index contributed by atoms with van der Waals surface area (Å²) < 4.78 is 11.0. The number of rotatable bonds is 6. The van der Waals surface area contributed by atoms with E-state index in [0.29, 0.717) is 24.9 Å². The van der Waals surface area contributed by atoms with E-state index in [1.54, 1.807) is 0 Å². The van der Waals surface area contributed by atoms with Gasteiger partial charge in [-0.2, -0.15) is 4.98 Å². The maximum absolute atomic E-state index is 12.4. The van der Waals surface area contributed by atoms with Gasteiger partial charge < -0.3 is 19.5 Å². The molecule has 1 aromatic carbocycles. The predicted octanol–water partition coefficient (Wildman–Crippen LogP) is 3.43. The molecule has 1 aliphatic rings. The van der Waals surface area contributed by atoms with Gasteiger partial charge in [0.05, 0.1) is 12.6 Å². The van der Waals surface area contributed by atoms with Gasteiger partial charge in [-0.05, 0) is 38.7 Å². The molecule has 0 spiro atoms. The molecule has 1 N–H and O–H groups in total. The quantitative estimate of drug-likeness (QED) is 0.856. The van der Waals surface area contributed by atoms with Crippen molar-refractivity contribution < 1.29 is 14.1 Å². The van der Waals surface area contributed by atoms with Crippen molar-refractivity contribution in [3.8, 4) is 0 Å². The lowest BCUT2D eigenvalue weighted by atomic mass is 10.0. The molecule has 1 saturated heterocycles. The molecule has 140 valence electrons. The van der Waals surface area contributed by atoms with Crippen LogP contribution in [-0.2, 0) is 18.0 Å². The highest BCUT2D eigenvalue weighted by Crippen LogP contribution is 2.29. The Bertz CT molecular complexity index is 702. The first-order valence-corrected chi connectivity index (χ1v) is 9.15. The van der Waals surface area contributed by atoms with Crippen molar-refractivity contribution in [2.24, 2.45) is 0 Å². The summed E-state index contributed by atoms with van der Waals surface area (Å²) in [5.74, 6) is 0.993. The van der Waals surface area contributed by atoms with Gasteiger partial charge in [-0.3, -0.25) is 0 Å². The average molecular weight is 358 g/mol. The lowest BCUT2D eigenvalue weighted by Crippen LogP contribution is -2.47. The molecule has 7 heteroatoms. The predicted molar refractivity (Wildman–Crippen MR) is 96.2 cm³/mol. The number of amides is 2. The van der Waals surface area contributed by atoms with E-state index in [4.69, 9.17) is 9.26 Å². The molecule has 2 aromatic rings. The summed E-state index contributed by atoms with van der Waals surface area (Å²) in [7, 11) is 0. The van der Waals surface area contributed by atoms with Gasteiger partial charge in [-0.1, -0.05) is 35.5 Å². The van der Waals surface area contributed by atoms with E-state index in [9.17, 15) is 4.79 Å². The zero-order valence-electron chi connectivity index (χ0n) is 15.4. The Morgan fingerprint density at radius 3 is 2.88 bits per heavy atom. The standard InChI is InChI=1S/C19H26N4O3/c1-14(2)20-19(24)23-11-7-6-10-16(23)18-21-17(26-22-18)13-25-12-15-8-4-3-5-9-15/h3-5,8-9,14,16H,6-7,10-13H2,1-2H3,(H,20,24). The van der Waals surface area contributed by atoms with Crippen molar-refractivity contribution in [2.45, 2.75) is 58.4 Å². The summed E-state index contributed by atoms with van der Waals surface area (Å²) in [6.45, 7) is 5.36. The smallest absolute Gasteiger partial charge is 0.318 e. The third kappa shape index (κ3) is 4.82. The Morgan fingerprint density at radius 2 is 2.12 bits per heavy atom. The van der Waals surface area contributed by atoms with Crippen molar-refractivity contribution in [2.75, 3.05) is 6.54 Å². The molecule has 2 amide bonds. The number of urea groups is 1. The number of carbonyl (C=O) groups excluding carboxylic acids is 1. The van der Waals surface area contributed by atoms with Crippen LogP contribution in [0.25, 0.3) is 0 Å². The van der Waals surface area contributed by atoms with Crippen LogP contribution < -0.4 is 5.32 Å². The van der Waals surface area contributed by atoms with Crippen LogP contribution in [0.5, 0.6) is 0 Å². The largest absolute Gasteiger partial charge is 0.367 e. The summed E-state index contributed by atoms with van der Waals surface area (Å²) in [6, 6.07) is 9.81. The van der Waals surface area contributed by atoms with Gasteiger partial charge in [-0.15, -0.1) is 0 Å². The summed E-state index contributed by atoms with van der Waals surface area (Å²) in [4.78, 5) is 18.7. The van der Waals surface area contributed by atoms with Gasteiger partial charge in [-0.25, -0.2) is 4.79 Å². The third-order valence-corrected chi connectivity index (χ3v) is 4.29. The number of hydrogen-bond donors (Lipinski definition) is 1. The van der Waals surface area contributed by atoms with E-state index in [1.807, 2.05) is 49.1 Å². The van der Waals surface area contributed by atoms with Gasteiger partial charge in [0.25, 0.3) is 5.89 Å². The third-order valence-electron chi connectivity index (χ3n) is 4.29. The molecule has 2 heterocycles. The Balaban J connectivity index is 1.59. The fraction of sp³-hybridized carbons (Fsp3) is 0.526. The SMILES string of the molecule is CC(C)NC(=O)N1CCCCC1c1noc(COCc2ccccc2)n1. The number of hydrogen-bond acceptors (Lipinski definition) is 5. The van der Waals surface area contributed by atoms with Gasteiger partial charge in [0.15, 0.2) is 5.82 Å². The minimum absolute atomic E-state index is 0.0728. The molecule has 3 rings (SSSR count). The normalized spacial score (nSPS) is 17.5. The molecule has 1 fully saturated rings. The summed E-state index contributed by atoms with van der Waals surface area (Å²) in [5.41, 5.74) is 1.09. The summed E-state index contributed by atoms with van der Waals surface area (Å²) in [5, 5.41) is 7.04. The van der Waals surface area contributed by atoms with Gasteiger partial charge in [0.2, 0.25) is 0 Å². The van der Waals surface area contributed by atoms with Gasteiger partial charge >= 0.3 is 6.03 Å². The molecule has 0 aliphatic carbocycles. The first-order chi connectivity index (χ1) is 12.6. The molecule has 1 unspecified atom stereocenters. The minimum atomic E-state index is -0.144. The van der Waals surface area contributed by atoms with Crippen LogP contribution in [0.1, 0.15) is 56.4 Å². The first-order valence-electron chi connectivity index (χ1n) is 9.15. The number of carbonyl (C=O) groups is 1. The Kier molecular flexibility index (Phi) is 6.22. The van der Waals surface area contributed by atoms with Crippen LogP contribution in [0.2, 0.25) is 0 Å². The zero-order chi connectivity index (χ0) is 18.4. The fourth-order valence-corrected chi connectivity index (χ4v) is 3.07. The second-order valence-electron chi connectivity index (χ2n) is 6.83. The number of aromatic nitrogens is 2. The maximum Gasteiger partial charge on any atom is 0.318 e. The Hall–Kier alpha value is -2.41. The molecule has 1 atom stereocenters. The number of nitrogens with zero attached hydrogens (tertiary/aromatic N) is 3. The minimum Gasteiger partial charge on any atom is -0.367 e. The number of nitrogens with one attached hydrogen (secondary N) is 1. The van der Waals surface area contributed by atoms with Crippen LogP contribution in [0.4, 0.5) is 4.79 Å². The van der Waals surface area contributed by atoms with Crippen molar-refractivity contribution in [1.29, 1.82) is 0 Å². The second kappa shape index (κ2) is 8.80. The van der Waals surface area contributed by atoms with Crippen molar-refractivity contribution in [3.05, 3.63) is 47.6 Å². The lowest BCUT2D eigenvalue weighted by molar-refractivity contribution is 0.0850. The lowest BCUT2D eigenvalue weighted by Gasteiger charge is -2.34. The molecule has 7 nitrogen and oxygen atoms in total. The van der Waals surface area contributed by atoms with E-state index in [1.165, 1.54) is 0 Å². The monoisotopic (exact) mass is 358 g/mol. The van der Waals surface area contributed by atoms with Crippen molar-refractivity contribution >= 4 is 6.03 Å². The molecule has 0 radical (unpaired) electrons. The summed E-state index contributed by atoms with van der Waals surface area (Å²) >= 11 is 0. The molecule has 26 heavy (non-hydrogen) atoms. The van der Waals surface area contributed by atoms with Gasteiger partial charge in [0.1, 0.15) is 6.61 Å². The fourth-order valence-electron chi connectivity index (χ4n) is 3.07. The highest BCUT2D eigenvalue weighted by molar-refractivity contribution is 5.75. The van der Waals surface area contributed by atoms with Crippen molar-refractivity contribution in [3.63, 3.8) is 0 Å². The van der Waals surface area contributed by atoms with Crippen molar-refractivity contribution in [1.82, 2.24) is 20.4 Å². The van der Waals surface area contributed by atoms with Crippen LogP contribution in [0, 0.1) is 0 Å². The van der Waals surface area contributed by atoms with E-state index in [2.05, 4.69) is 15.5 Å². The zero-order valence-corrected chi connectivity index (χ0v) is 15.4. The summed E-state index contributed by atoms with van der Waals surface area (Å²) in [6.07, 6.45) is 2.88. The Morgan fingerprint density at radius 1 is 1.31 bits per heavy atom. The maximum atomic E-state index is 12.4. The van der Waals surface area contributed by atoms with Gasteiger partial charge in [0, 0.05) is 12.6 Å². The molecule has 0 bridgehead atoms. The molecular formula is C19H26N4O3. The number of piperidine rings is 1. The van der Waals surface area contributed by atoms with E-state index < -0.39 is 0 Å². The molecule has 1 aliphatic heterocycles. The van der Waals surface area contributed by atoms with Crippen LogP contribution >= 0.6 is 0 Å². The second-order valence-corrected chi connectivity index (χ2v) is 6.83. The first kappa shape index (κ1) is 18.4. The number of benzene rings is 1. The molecule has 0 saturated carbocycles. The highest BCUT2D eigenvalue weighted by Gasteiger charge is 2.31. The van der Waals surface area contributed by atoms with E-state index >= 15 is 0 Å². The Labute approximate surface area is 153 Å².